The summed E-state index contributed by atoms with van der Waals surface area (Å²) in [6, 6.07) is 4.61. The second kappa shape index (κ2) is 7.42. The molecule has 0 unspecified atom stereocenters. The van der Waals surface area contributed by atoms with Gasteiger partial charge < -0.3 is 9.47 Å². The van der Waals surface area contributed by atoms with Crippen LogP contribution in [0.2, 0.25) is 0 Å². The van der Waals surface area contributed by atoms with Gasteiger partial charge in [0.2, 0.25) is 0 Å². The van der Waals surface area contributed by atoms with Crippen molar-refractivity contribution in [3.8, 4) is 23.1 Å². The highest BCUT2D eigenvalue weighted by Gasteiger charge is 2.40. The molecule has 0 saturated carbocycles. The minimum Gasteiger partial charge on any atom is -0.493 e. The second-order valence-electron chi connectivity index (χ2n) is 6.33. The van der Waals surface area contributed by atoms with Crippen LogP contribution in [-0.2, 0) is 0 Å². The van der Waals surface area contributed by atoms with Gasteiger partial charge in [0.05, 0.1) is 26.5 Å². The molecule has 0 saturated heterocycles. The molecule has 1 aromatic carbocycles. The molecule has 9 heteroatoms. The number of aromatic nitrogens is 4. The number of methoxy groups -OCH3 is 2. The smallest absolute Gasteiger partial charge is 0.260 e. The van der Waals surface area contributed by atoms with E-state index in [0.717, 1.165) is 11.8 Å². The quantitative estimate of drug-likeness (QED) is 0.655. The number of fused-ring (bicyclic) bond motifs is 1. The molecule has 0 bridgehead atoms. The molecule has 2 aromatic heterocycles. The van der Waals surface area contributed by atoms with Crippen LogP contribution in [0.15, 0.2) is 36.8 Å². The van der Waals surface area contributed by atoms with Gasteiger partial charge >= 0.3 is 0 Å². The second-order valence-corrected chi connectivity index (χ2v) is 6.33. The number of rotatable bonds is 5. The molecule has 29 heavy (non-hydrogen) atoms. The van der Waals surface area contributed by atoms with Crippen LogP contribution in [0, 0.1) is 5.82 Å². The van der Waals surface area contributed by atoms with Crippen molar-refractivity contribution in [2.75, 3.05) is 19.1 Å². The number of anilines is 1. The van der Waals surface area contributed by atoms with E-state index < -0.39 is 11.9 Å². The molecule has 1 amide bonds. The lowest BCUT2D eigenvalue weighted by Gasteiger charge is -2.24. The average molecular weight is 395 g/mol. The van der Waals surface area contributed by atoms with Crippen LogP contribution in [0.25, 0.3) is 11.6 Å². The normalized spacial score (nSPS) is 15.4. The standard InChI is InChI=1S/C20H18FN5O3/c1-4-14-11-8-15(28-2)16(29-3)9-12(11)20(27)26(14)19-13(21)10-24-18(25-19)17-22-6-5-7-23-17/h5-10,14H,4H2,1-3H3/t14-/m1/s1. The number of amides is 1. The van der Waals surface area contributed by atoms with Crippen molar-refractivity contribution in [2.45, 2.75) is 19.4 Å². The monoisotopic (exact) mass is 395 g/mol. The van der Waals surface area contributed by atoms with Crippen molar-refractivity contribution in [1.29, 1.82) is 0 Å². The fourth-order valence-corrected chi connectivity index (χ4v) is 3.46. The molecule has 0 N–H and O–H groups in total. The molecule has 0 fully saturated rings. The molecule has 3 heterocycles. The predicted molar refractivity (Wildman–Crippen MR) is 102 cm³/mol. The molecular weight excluding hydrogens is 377 g/mol. The molecule has 1 aliphatic heterocycles. The Balaban J connectivity index is 1.84. The van der Waals surface area contributed by atoms with E-state index in [9.17, 15) is 9.18 Å². The van der Waals surface area contributed by atoms with Crippen molar-refractivity contribution >= 4 is 11.7 Å². The molecule has 4 rings (SSSR count). The lowest BCUT2D eigenvalue weighted by Crippen LogP contribution is -2.29. The van der Waals surface area contributed by atoms with Crippen LogP contribution in [0.3, 0.4) is 0 Å². The van der Waals surface area contributed by atoms with Gasteiger partial charge in [-0.15, -0.1) is 0 Å². The van der Waals surface area contributed by atoms with Crippen LogP contribution >= 0.6 is 0 Å². The lowest BCUT2D eigenvalue weighted by molar-refractivity contribution is 0.0988. The van der Waals surface area contributed by atoms with E-state index in [4.69, 9.17) is 9.47 Å². The largest absolute Gasteiger partial charge is 0.493 e. The molecule has 148 valence electrons. The van der Waals surface area contributed by atoms with E-state index in [2.05, 4.69) is 19.9 Å². The molecular formula is C20H18FN5O3. The number of hydrogen-bond donors (Lipinski definition) is 0. The first kappa shape index (κ1) is 18.7. The van der Waals surface area contributed by atoms with Crippen molar-refractivity contribution in [1.82, 2.24) is 19.9 Å². The number of ether oxygens (including phenoxy) is 2. The van der Waals surface area contributed by atoms with Gasteiger partial charge in [-0.2, -0.15) is 0 Å². The van der Waals surface area contributed by atoms with Gasteiger partial charge in [-0.25, -0.2) is 24.3 Å². The third kappa shape index (κ3) is 3.04. The number of carbonyl (C=O) groups excluding carboxylic acids is 1. The van der Waals surface area contributed by atoms with Gasteiger partial charge in [0.25, 0.3) is 5.91 Å². The summed E-state index contributed by atoms with van der Waals surface area (Å²) in [5, 5.41) is 0. The summed E-state index contributed by atoms with van der Waals surface area (Å²) < 4.78 is 25.4. The van der Waals surface area contributed by atoms with Crippen LogP contribution in [0.4, 0.5) is 10.2 Å². The number of carbonyl (C=O) groups is 1. The van der Waals surface area contributed by atoms with Gasteiger partial charge in [0.15, 0.2) is 34.8 Å². The molecule has 0 aliphatic carbocycles. The first-order valence-corrected chi connectivity index (χ1v) is 8.98. The van der Waals surface area contributed by atoms with Crippen molar-refractivity contribution in [3.05, 3.63) is 53.7 Å². The van der Waals surface area contributed by atoms with Gasteiger partial charge in [-0.1, -0.05) is 6.92 Å². The Morgan fingerprint density at radius 2 is 1.76 bits per heavy atom. The highest BCUT2D eigenvalue weighted by Crippen LogP contribution is 2.44. The summed E-state index contributed by atoms with van der Waals surface area (Å²) in [7, 11) is 3.02. The van der Waals surface area contributed by atoms with Crippen LogP contribution in [-0.4, -0.2) is 40.1 Å². The van der Waals surface area contributed by atoms with E-state index >= 15 is 0 Å². The lowest BCUT2D eigenvalue weighted by atomic mass is 10.0. The molecule has 8 nitrogen and oxygen atoms in total. The summed E-state index contributed by atoms with van der Waals surface area (Å²) in [6.07, 6.45) is 4.66. The first-order chi connectivity index (χ1) is 14.1. The molecule has 1 aliphatic rings. The third-order valence-corrected chi connectivity index (χ3v) is 4.78. The maximum Gasteiger partial charge on any atom is 0.260 e. The van der Waals surface area contributed by atoms with E-state index in [-0.39, 0.29) is 23.4 Å². The predicted octanol–water partition coefficient (Wildman–Crippen LogP) is 3.20. The van der Waals surface area contributed by atoms with Gasteiger partial charge in [0.1, 0.15) is 0 Å². The van der Waals surface area contributed by atoms with Gasteiger partial charge in [-0.3, -0.25) is 9.69 Å². The molecule has 0 radical (unpaired) electrons. The maximum atomic E-state index is 14.7. The van der Waals surface area contributed by atoms with Crippen molar-refractivity contribution in [3.63, 3.8) is 0 Å². The number of nitrogens with zero attached hydrogens (tertiary/aromatic N) is 5. The minimum atomic E-state index is -0.705. The summed E-state index contributed by atoms with van der Waals surface area (Å²) in [6.45, 7) is 1.91. The summed E-state index contributed by atoms with van der Waals surface area (Å²) in [4.78, 5) is 31.0. The number of halogens is 1. The van der Waals surface area contributed by atoms with Crippen LogP contribution in [0.5, 0.6) is 11.5 Å². The molecule has 1 atom stereocenters. The zero-order valence-corrected chi connectivity index (χ0v) is 16.1. The van der Waals surface area contributed by atoms with E-state index in [0.29, 0.717) is 23.5 Å². The Bertz CT molecular complexity index is 1080. The Hall–Kier alpha value is -3.62. The van der Waals surface area contributed by atoms with Crippen molar-refractivity contribution < 1.29 is 18.7 Å². The molecule has 0 spiro atoms. The SMILES string of the molecule is CC[C@@H]1c2cc(OC)c(OC)cc2C(=O)N1c1nc(-c2ncccn2)ncc1F. The van der Waals surface area contributed by atoms with Crippen molar-refractivity contribution in [2.24, 2.45) is 0 Å². The first-order valence-electron chi connectivity index (χ1n) is 8.98. The number of benzene rings is 1. The third-order valence-electron chi connectivity index (χ3n) is 4.78. The Morgan fingerprint density at radius 1 is 1.07 bits per heavy atom. The van der Waals surface area contributed by atoms with E-state index in [1.807, 2.05) is 6.92 Å². The Morgan fingerprint density at radius 3 is 2.41 bits per heavy atom. The Kier molecular flexibility index (Phi) is 4.79. The maximum absolute atomic E-state index is 14.7. The fourth-order valence-electron chi connectivity index (χ4n) is 3.46. The highest BCUT2D eigenvalue weighted by molar-refractivity contribution is 6.11. The zero-order chi connectivity index (χ0) is 20.5. The minimum absolute atomic E-state index is 0.117. The fraction of sp³-hybridized carbons (Fsp3) is 0.250. The van der Waals surface area contributed by atoms with Gasteiger partial charge in [0, 0.05) is 18.0 Å². The summed E-state index contributed by atoms with van der Waals surface area (Å²) in [5.41, 5.74) is 1.15. The van der Waals surface area contributed by atoms with E-state index in [1.165, 1.54) is 19.1 Å². The van der Waals surface area contributed by atoms with Crippen LogP contribution < -0.4 is 14.4 Å². The van der Waals surface area contributed by atoms with Gasteiger partial charge in [-0.05, 0) is 30.2 Å². The highest BCUT2D eigenvalue weighted by atomic mass is 19.1. The van der Waals surface area contributed by atoms with E-state index in [1.54, 1.807) is 30.6 Å². The van der Waals surface area contributed by atoms with Crippen LogP contribution in [0.1, 0.15) is 35.3 Å². The summed E-state index contributed by atoms with van der Waals surface area (Å²) in [5.74, 6) is 0.116. The average Bonchev–Trinajstić information content (AvgIpc) is 3.04. The zero-order valence-electron chi connectivity index (χ0n) is 16.1. The Labute approximate surface area is 166 Å². The summed E-state index contributed by atoms with van der Waals surface area (Å²) >= 11 is 0. The number of hydrogen-bond acceptors (Lipinski definition) is 7. The topological polar surface area (TPSA) is 90.3 Å². The molecule has 3 aromatic rings.